The fraction of sp³-hybridized carbons (Fsp3) is 0.630. The number of carbonyl (C=O) groups is 2. The van der Waals surface area contributed by atoms with Crippen molar-refractivity contribution >= 4 is 17.6 Å². The Morgan fingerprint density at radius 1 is 1.03 bits per heavy atom. The molecule has 3 fully saturated rings. The second-order valence-corrected chi connectivity index (χ2v) is 11.7. The number of halogens is 6. The molecule has 1 N–H and O–H groups in total. The van der Waals surface area contributed by atoms with Crippen LogP contribution in [-0.4, -0.2) is 18.0 Å². The summed E-state index contributed by atoms with van der Waals surface area (Å²) in [6.45, 7) is 4.21. The van der Waals surface area contributed by atoms with Crippen LogP contribution < -0.4 is 5.32 Å². The highest BCUT2D eigenvalue weighted by Gasteiger charge is 2.60. The summed E-state index contributed by atoms with van der Waals surface area (Å²) in [5, 5.41) is 2.20. The van der Waals surface area contributed by atoms with E-state index in [2.05, 4.69) is 19.2 Å². The van der Waals surface area contributed by atoms with E-state index in [0.29, 0.717) is 37.5 Å². The zero-order valence-electron chi connectivity index (χ0n) is 20.5. The molecule has 3 saturated carbocycles. The molecular formula is C27H29F6NO3. The van der Waals surface area contributed by atoms with Gasteiger partial charge in [-0.15, -0.1) is 0 Å². The lowest BCUT2D eigenvalue weighted by molar-refractivity contribution is -0.166. The molecule has 4 aliphatic rings. The van der Waals surface area contributed by atoms with E-state index in [1.807, 2.05) is 6.08 Å². The van der Waals surface area contributed by atoms with Crippen LogP contribution >= 0.6 is 0 Å². The standard InChI is InChI=1S/C27H29F6NO3/c1-24-9-7-17-16(4-6-21-25(17,2)10-8-22(35)37-21)19(24)11-14(13-24)23(36)34-20-12-15(26(28,29)30)3-5-18(20)27(31,32)33/h3,5,8,10,12,14,16-17,19,21H,4,6-7,9,11,13H2,1-2H3,(H,34,36)/t14?,16-,17-,19+,21?,24-,25-/m1/s1. The normalized spacial score (nSPS) is 37.3. The highest BCUT2D eigenvalue weighted by atomic mass is 19.4. The zero-order chi connectivity index (χ0) is 27.0. The van der Waals surface area contributed by atoms with Crippen LogP contribution in [0, 0.1) is 34.5 Å². The first-order valence-electron chi connectivity index (χ1n) is 12.6. The molecule has 10 heteroatoms. The smallest absolute Gasteiger partial charge is 0.418 e. The molecule has 202 valence electrons. The van der Waals surface area contributed by atoms with Crippen molar-refractivity contribution in [2.45, 2.75) is 70.8 Å². The fourth-order valence-corrected chi connectivity index (χ4v) is 7.77. The van der Waals surface area contributed by atoms with Gasteiger partial charge in [0.25, 0.3) is 0 Å². The summed E-state index contributed by atoms with van der Waals surface area (Å²) in [4.78, 5) is 25.0. The number of benzene rings is 1. The average molecular weight is 530 g/mol. The second-order valence-electron chi connectivity index (χ2n) is 11.7. The summed E-state index contributed by atoms with van der Waals surface area (Å²) in [5.74, 6) is -0.964. The van der Waals surface area contributed by atoms with Crippen molar-refractivity contribution in [3.63, 3.8) is 0 Å². The van der Waals surface area contributed by atoms with E-state index in [0.717, 1.165) is 19.3 Å². The van der Waals surface area contributed by atoms with E-state index in [1.54, 1.807) is 0 Å². The first-order chi connectivity index (χ1) is 17.1. The van der Waals surface area contributed by atoms with E-state index in [9.17, 15) is 35.9 Å². The quantitative estimate of drug-likeness (QED) is 0.332. The minimum atomic E-state index is -4.92. The number of fused-ring (bicyclic) bond motifs is 5. The highest BCUT2D eigenvalue weighted by Crippen LogP contribution is 2.65. The Labute approximate surface area is 210 Å². The van der Waals surface area contributed by atoms with E-state index in [1.165, 1.54) is 6.08 Å². The number of hydrogen-bond donors (Lipinski definition) is 1. The summed E-state index contributed by atoms with van der Waals surface area (Å²) in [5.41, 5.74) is -3.93. The molecule has 5 rings (SSSR count). The Hall–Kier alpha value is -2.52. The second kappa shape index (κ2) is 8.50. The number of rotatable bonds is 2. The van der Waals surface area contributed by atoms with Crippen molar-refractivity contribution < 1.29 is 40.7 Å². The number of hydrogen-bond acceptors (Lipinski definition) is 3. The van der Waals surface area contributed by atoms with Gasteiger partial charge in [-0.1, -0.05) is 19.9 Å². The van der Waals surface area contributed by atoms with Gasteiger partial charge in [-0.3, -0.25) is 4.79 Å². The lowest BCUT2D eigenvalue weighted by Crippen LogP contribution is -2.54. The molecule has 2 unspecified atom stereocenters. The first-order valence-corrected chi connectivity index (χ1v) is 12.6. The zero-order valence-corrected chi connectivity index (χ0v) is 20.5. The van der Waals surface area contributed by atoms with Crippen molar-refractivity contribution in [3.05, 3.63) is 41.5 Å². The molecule has 1 aliphatic heterocycles. The van der Waals surface area contributed by atoms with Gasteiger partial charge in [0.1, 0.15) is 6.10 Å². The van der Waals surface area contributed by atoms with Gasteiger partial charge in [0, 0.05) is 17.4 Å². The number of carbonyl (C=O) groups excluding carboxylic acids is 2. The third kappa shape index (κ3) is 4.44. The molecule has 4 nitrogen and oxygen atoms in total. The van der Waals surface area contributed by atoms with Gasteiger partial charge >= 0.3 is 18.3 Å². The minimum absolute atomic E-state index is 0.148. The Bertz CT molecular complexity index is 1140. The number of anilines is 1. The summed E-state index contributed by atoms with van der Waals surface area (Å²) in [6.07, 6.45) is -2.35. The van der Waals surface area contributed by atoms with Crippen molar-refractivity contribution in [2.24, 2.45) is 34.5 Å². The Morgan fingerprint density at radius 3 is 2.43 bits per heavy atom. The summed E-state index contributed by atoms with van der Waals surface area (Å²) in [6, 6.07) is 1.10. The molecule has 0 radical (unpaired) electrons. The van der Waals surface area contributed by atoms with E-state index in [4.69, 9.17) is 4.74 Å². The van der Waals surface area contributed by atoms with Crippen LogP contribution in [0.4, 0.5) is 32.0 Å². The molecule has 1 heterocycles. The van der Waals surface area contributed by atoms with Crippen molar-refractivity contribution in [1.82, 2.24) is 0 Å². The van der Waals surface area contributed by atoms with Gasteiger partial charge in [0.2, 0.25) is 5.91 Å². The van der Waals surface area contributed by atoms with Crippen LogP contribution in [0.5, 0.6) is 0 Å². The third-order valence-electron chi connectivity index (χ3n) is 9.58. The molecule has 7 atom stereocenters. The average Bonchev–Trinajstić information content (AvgIpc) is 3.16. The molecule has 1 amide bonds. The summed E-state index contributed by atoms with van der Waals surface area (Å²) < 4.78 is 85.7. The van der Waals surface area contributed by atoms with Gasteiger partial charge in [-0.25, -0.2) is 4.79 Å². The lowest BCUT2D eigenvalue weighted by atomic mass is 9.49. The van der Waals surface area contributed by atoms with E-state index >= 15 is 0 Å². The van der Waals surface area contributed by atoms with Gasteiger partial charge in [0.15, 0.2) is 0 Å². The Balaban J connectivity index is 1.38. The Kier molecular flexibility index (Phi) is 5.99. The number of nitrogens with one attached hydrogen (secondary N) is 1. The molecule has 0 bridgehead atoms. The molecule has 37 heavy (non-hydrogen) atoms. The Morgan fingerprint density at radius 2 is 1.76 bits per heavy atom. The first kappa shape index (κ1) is 26.1. The van der Waals surface area contributed by atoms with Crippen molar-refractivity contribution in [2.75, 3.05) is 5.32 Å². The number of ether oxygens (including phenoxy) is 1. The van der Waals surface area contributed by atoms with Crippen LogP contribution in [0.15, 0.2) is 30.4 Å². The lowest BCUT2D eigenvalue weighted by Gasteiger charge is -2.57. The number of esters is 1. The molecule has 3 aliphatic carbocycles. The molecular weight excluding hydrogens is 500 g/mol. The van der Waals surface area contributed by atoms with Crippen LogP contribution in [0.3, 0.4) is 0 Å². The van der Waals surface area contributed by atoms with Gasteiger partial charge in [0.05, 0.1) is 16.8 Å². The molecule has 0 saturated heterocycles. The largest absolute Gasteiger partial charge is 0.458 e. The molecule has 1 aromatic rings. The predicted molar refractivity (Wildman–Crippen MR) is 122 cm³/mol. The third-order valence-corrected chi connectivity index (χ3v) is 9.58. The highest BCUT2D eigenvalue weighted by molar-refractivity contribution is 5.93. The van der Waals surface area contributed by atoms with Crippen LogP contribution in [0.1, 0.15) is 63.5 Å². The number of amides is 1. The minimum Gasteiger partial charge on any atom is -0.458 e. The monoisotopic (exact) mass is 529 g/mol. The molecule has 1 aromatic carbocycles. The maximum absolute atomic E-state index is 13.5. The summed E-state index contributed by atoms with van der Waals surface area (Å²) >= 11 is 0. The summed E-state index contributed by atoms with van der Waals surface area (Å²) in [7, 11) is 0. The van der Waals surface area contributed by atoms with Crippen LogP contribution in [0.25, 0.3) is 0 Å². The van der Waals surface area contributed by atoms with Crippen molar-refractivity contribution in [1.29, 1.82) is 0 Å². The van der Waals surface area contributed by atoms with Crippen LogP contribution in [-0.2, 0) is 26.7 Å². The van der Waals surface area contributed by atoms with Gasteiger partial charge < -0.3 is 10.1 Å². The van der Waals surface area contributed by atoms with Crippen molar-refractivity contribution in [3.8, 4) is 0 Å². The number of alkyl halides is 6. The van der Waals surface area contributed by atoms with Gasteiger partial charge in [-0.05, 0) is 79.9 Å². The van der Waals surface area contributed by atoms with Crippen LogP contribution in [0.2, 0.25) is 0 Å². The molecule has 0 spiro atoms. The topological polar surface area (TPSA) is 55.4 Å². The van der Waals surface area contributed by atoms with E-state index in [-0.39, 0.29) is 40.7 Å². The maximum Gasteiger partial charge on any atom is 0.418 e. The van der Waals surface area contributed by atoms with E-state index < -0.39 is 41.0 Å². The molecule has 0 aromatic heterocycles. The SMILES string of the molecule is C[C@]12CC[C@@H]3[C@@H](CCC4OC(=O)C=C[C@@]43C)[C@@H]1CC(C(=O)Nc1cc(C(F)(F)F)ccc1C(F)(F)F)C2. The maximum atomic E-state index is 13.5. The predicted octanol–water partition coefficient (Wildman–Crippen LogP) is 7.00. The fourth-order valence-electron chi connectivity index (χ4n) is 7.77. The van der Waals surface area contributed by atoms with Gasteiger partial charge in [-0.2, -0.15) is 26.3 Å².